The SMILES string of the molecule is COC(=O)C(O)CNC(=O)/C=C/c1ccc(C)cc1C. The second kappa shape index (κ2) is 7.45. The Hall–Kier alpha value is -2.14. The monoisotopic (exact) mass is 277 g/mol. The van der Waals surface area contributed by atoms with Gasteiger partial charge in [-0.3, -0.25) is 4.79 Å². The van der Waals surface area contributed by atoms with Crippen molar-refractivity contribution in [2.75, 3.05) is 13.7 Å². The lowest BCUT2D eigenvalue weighted by Crippen LogP contribution is -2.36. The summed E-state index contributed by atoms with van der Waals surface area (Å²) in [7, 11) is 1.17. The number of benzene rings is 1. The number of aliphatic hydroxyl groups excluding tert-OH is 1. The van der Waals surface area contributed by atoms with E-state index in [1.165, 1.54) is 13.2 Å². The number of carbonyl (C=O) groups excluding carboxylic acids is 2. The number of ether oxygens (including phenoxy) is 1. The Kier molecular flexibility index (Phi) is 5.93. The summed E-state index contributed by atoms with van der Waals surface area (Å²) in [5, 5.41) is 11.7. The summed E-state index contributed by atoms with van der Waals surface area (Å²) in [4.78, 5) is 22.5. The normalized spacial score (nSPS) is 12.2. The third kappa shape index (κ3) is 4.85. The van der Waals surface area contributed by atoms with Crippen LogP contribution in [0.1, 0.15) is 16.7 Å². The molecule has 0 aliphatic heterocycles. The molecule has 20 heavy (non-hydrogen) atoms. The standard InChI is InChI=1S/C15H19NO4/c1-10-4-5-12(11(2)8-10)6-7-14(18)16-9-13(17)15(19)20-3/h4-8,13,17H,9H2,1-3H3,(H,16,18)/b7-6+. The Morgan fingerprint density at radius 1 is 1.40 bits per heavy atom. The zero-order valence-corrected chi connectivity index (χ0v) is 11.8. The first-order valence-electron chi connectivity index (χ1n) is 6.23. The highest BCUT2D eigenvalue weighted by Crippen LogP contribution is 2.11. The van der Waals surface area contributed by atoms with Crippen molar-refractivity contribution in [3.63, 3.8) is 0 Å². The first-order chi connectivity index (χ1) is 9.43. The van der Waals surface area contributed by atoms with E-state index in [1.807, 2.05) is 32.0 Å². The van der Waals surface area contributed by atoms with Gasteiger partial charge in [-0.25, -0.2) is 4.79 Å². The Bertz CT molecular complexity index is 523. The number of aryl methyl sites for hydroxylation is 2. The molecule has 0 fully saturated rings. The summed E-state index contributed by atoms with van der Waals surface area (Å²) in [5.74, 6) is -1.16. The average molecular weight is 277 g/mol. The van der Waals surface area contributed by atoms with E-state index in [1.54, 1.807) is 6.08 Å². The van der Waals surface area contributed by atoms with Gasteiger partial charge in [0.15, 0.2) is 6.10 Å². The van der Waals surface area contributed by atoms with Crippen LogP contribution in [-0.4, -0.2) is 36.7 Å². The minimum absolute atomic E-state index is 0.178. The van der Waals surface area contributed by atoms with Crippen LogP contribution in [0.2, 0.25) is 0 Å². The van der Waals surface area contributed by atoms with E-state index in [2.05, 4.69) is 10.1 Å². The predicted octanol–water partition coefficient (Wildman–Crippen LogP) is 0.967. The molecule has 0 bridgehead atoms. The Morgan fingerprint density at radius 2 is 2.10 bits per heavy atom. The maximum Gasteiger partial charge on any atom is 0.336 e. The van der Waals surface area contributed by atoms with Crippen molar-refractivity contribution in [2.45, 2.75) is 20.0 Å². The zero-order chi connectivity index (χ0) is 15.1. The molecular weight excluding hydrogens is 258 g/mol. The van der Waals surface area contributed by atoms with Crippen LogP contribution in [0.5, 0.6) is 0 Å². The third-order valence-electron chi connectivity index (χ3n) is 2.78. The molecule has 1 aromatic rings. The van der Waals surface area contributed by atoms with Gasteiger partial charge in [0.2, 0.25) is 5.91 Å². The number of methoxy groups -OCH3 is 1. The van der Waals surface area contributed by atoms with Crippen LogP contribution < -0.4 is 5.32 Å². The molecule has 1 rings (SSSR count). The molecule has 0 aromatic heterocycles. The Balaban J connectivity index is 2.53. The Labute approximate surface area is 118 Å². The van der Waals surface area contributed by atoms with E-state index >= 15 is 0 Å². The van der Waals surface area contributed by atoms with Gasteiger partial charge in [0.25, 0.3) is 0 Å². The maximum absolute atomic E-state index is 11.5. The number of nitrogens with one attached hydrogen (secondary N) is 1. The summed E-state index contributed by atoms with van der Waals surface area (Å²) in [6.07, 6.45) is 1.70. The molecule has 2 N–H and O–H groups in total. The number of hydrogen-bond donors (Lipinski definition) is 2. The van der Waals surface area contributed by atoms with E-state index in [0.717, 1.165) is 16.7 Å². The summed E-state index contributed by atoms with van der Waals surface area (Å²) < 4.78 is 4.34. The molecule has 108 valence electrons. The molecule has 5 heteroatoms. The van der Waals surface area contributed by atoms with Crippen molar-refractivity contribution in [2.24, 2.45) is 0 Å². The fraction of sp³-hybridized carbons (Fsp3) is 0.333. The molecule has 0 saturated heterocycles. The van der Waals surface area contributed by atoms with Crippen molar-refractivity contribution < 1.29 is 19.4 Å². The second-order valence-electron chi connectivity index (χ2n) is 4.48. The molecule has 1 amide bonds. The molecule has 1 aromatic carbocycles. The van der Waals surface area contributed by atoms with Crippen LogP contribution in [0.15, 0.2) is 24.3 Å². The minimum atomic E-state index is -1.35. The van der Waals surface area contributed by atoms with Crippen molar-refractivity contribution in [1.82, 2.24) is 5.32 Å². The summed E-state index contributed by atoms with van der Waals surface area (Å²) in [6, 6.07) is 5.92. The quantitative estimate of drug-likeness (QED) is 0.621. The van der Waals surface area contributed by atoms with Crippen molar-refractivity contribution in [3.8, 4) is 0 Å². The smallest absolute Gasteiger partial charge is 0.336 e. The maximum atomic E-state index is 11.5. The number of rotatable bonds is 5. The van der Waals surface area contributed by atoms with E-state index in [-0.39, 0.29) is 12.5 Å². The van der Waals surface area contributed by atoms with Gasteiger partial charge in [-0.15, -0.1) is 0 Å². The largest absolute Gasteiger partial charge is 0.467 e. The number of aliphatic hydroxyl groups is 1. The lowest BCUT2D eigenvalue weighted by atomic mass is 10.1. The molecule has 1 unspecified atom stereocenters. The van der Waals surface area contributed by atoms with Crippen LogP contribution in [0, 0.1) is 13.8 Å². The van der Waals surface area contributed by atoms with Crippen molar-refractivity contribution in [1.29, 1.82) is 0 Å². The topological polar surface area (TPSA) is 75.6 Å². The summed E-state index contributed by atoms with van der Waals surface area (Å²) in [6.45, 7) is 3.79. The molecule has 1 atom stereocenters. The van der Waals surface area contributed by atoms with Crippen molar-refractivity contribution in [3.05, 3.63) is 41.0 Å². The molecule has 0 saturated carbocycles. The second-order valence-corrected chi connectivity index (χ2v) is 4.48. The van der Waals surface area contributed by atoms with Gasteiger partial charge in [0.05, 0.1) is 13.7 Å². The van der Waals surface area contributed by atoms with E-state index in [9.17, 15) is 14.7 Å². The summed E-state index contributed by atoms with van der Waals surface area (Å²) in [5.41, 5.74) is 3.17. The summed E-state index contributed by atoms with van der Waals surface area (Å²) >= 11 is 0. The predicted molar refractivity (Wildman–Crippen MR) is 76.0 cm³/mol. The average Bonchev–Trinajstić information content (AvgIpc) is 2.42. The van der Waals surface area contributed by atoms with Crippen LogP contribution >= 0.6 is 0 Å². The van der Waals surface area contributed by atoms with Gasteiger partial charge >= 0.3 is 5.97 Å². The molecule has 0 aliphatic rings. The number of esters is 1. The highest BCUT2D eigenvalue weighted by Gasteiger charge is 2.15. The highest BCUT2D eigenvalue weighted by molar-refractivity contribution is 5.92. The van der Waals surface area contributed by atoms with Gasteiger partial charge in [0.1, 0.15) is 0 Å². The van der Waals surface area contributed by atoms with Crippen LogP contribution in [0.4, 0.5) is 0 Å². The molecule has 0 spiro atoms. The molecule has 5 nitrogen and oxygen atoms in total. The molecular formula is C15H19NO4. The number of amides is 1. The van der Waals surface area contributed by atoms with E-state index in [0.29, 0.717) is 0 Å². The van der Waals surface area contributed by atoms with Gasteiger partial charge in [-0.1, -0.05) is 23.8 Å². The Morgan fingerprint density at radius 3 is 2.70 bits per heavy atom. The first kappa shape index (κ1) is 15.9. The number of hydrogen-bond acceptors (Lipinski definition) is 4. The molecule has 0 radical (unpaired) electrons. The van der Waals surface area contributed by atoms with E-state index in [4.69, 9.17) is 0 Å². The van der Waals surface area contributed by atoms with Crippen LogP contribution in [0.25, 0.3) is 6.08 Å². The van der Waals surface area contributed by atoms with Crippen LogP contribution in [0.3, 0.4) is 0 Å². The molecule has 0 aliphatic carbocycles. The van der Waals surface area contributed by atoms with Gasteiger partial charge in [-0.05, 0) is 31.1 Å². The zero-order valence-electron chi connectivity index (χ0n) is 11.8. The molecule has 0 heterocycles. The highest BCUT2D eigenvalue weighted by atomic mass is 16.5. The third-order valence-corrected chi connectivity index (χ3v) is 2.78. The van der Waals surface area contributed by atoms with E-state index < -0.39 is 12.1 Å². The van der Waals surface area contributed by atoms with Gasteiger partial charge in [-0.2, -0.15) is 0 Å². The first-order valence-corrected chi connectivity index (χ1v) is 6.23. The number of carbonyl (C=O) groups is 2. The lowest BCUT2D eigenvalue weighted by molar-refractivity contribution is -0.150. The van der Waals surface area contributed by atoms with Crippen LogP contribution in [-0.2, 0) is 14.3 Å². The fourth-order valence-electron chi connectivity index (χ4n) is 1.65. The lowest BCUT2D eigenvalue weighted by Gasteiger charge is -2.08. The fourth-order valence-corrected chi connectivity index (χ4v) is 1.65. The van der Waals surface area contributed by atoms with Gasteiger partial charge < -0.3 is 15.2 Å². The van der Waals surface area contributed by atoms with Crippen molar-refractivity contribution >= 4 is 18.0 Å². The van der Waals surface area contributed by atoms with Gasteiger partial charge in [0, 0.05) is 6.08 Å². The minimum Gasteiger partial charge on any atom is -0.467 e.